The summed E-state index contributed by atoms with van der Waals surface area (Å²) in [6.07, 6.45) is 0. The summed E-state index contributed by atoms with van der Waals surface area (Å²) >= 11 is 5.87. The average molecular weight is 532 g/mol. The summed E-state index contributed by atoms with van der Waals surface area (Å²) in [5, 5.41) is 2.85. The molecule has 1 fully saturated rings. The van der Waals surface area contributed by atoms with Crippen LogP contribution in [-0.4, -0.2) is 30.4 Å². The van der Waals surface area contributed by atoms with E-state index in [4.69, 9.17) is 11.6 Å². The minimum Gasteiger partial charge on any atom is -0.271 e. The average Bonchev–Trinajstić information content (AvgIpc) is 2.90. The number of rotatable bonds is 6. The summed E-state index contributed by atoms with van der Waals surface area (Å²) in [6, 6.07) is 31.0. The number of halogens is 1. The van der Waals surface area contributed by atoms with E-state index < -0.39 is 34.0 Å². The number of urea groups is 1. The van der Waals surface area contributed by atoms with Gasteiger partial charge in [-0.05, 0) is 41.0 Å². The Balaban J connectivity index is 1.57. The molecule has 0 spiro atoms. The number of hydrazine groups is 1. The summed E-state index contributed by atoms with van der Waals surface area (Å²) < 4.78 is 27.9. The Labute approximate surface area is 219 Å². The van der Waals surface area contributed by atoms with Gasteiger partial charge < -0.3 is 0 Å². The molecule has 0 saturated carbocycles. The Bertz CT molecular complexity index is 1480. The molecule has 4 aromatic carbocycles. The summed E-state index contributed by atoms with van der Waals surface area (Å²) in [5.41, 5.74) is 2.36. The Morgan fingerprint density at radius 2 is 1.24 bits per heavy atom. The summed E-state index contributed by atoms with van der Waals surface area (Å²) in [5.74, 6) is -0.535. The Hall–Kier alpha value is -3.98. The van der Waals surface area contributed by atoms with Crippen molar-refractivity contribution in [3.8, 4) is 0 Å². The zero-order valence-electron chi connectivity index (χ0n) is 19.4. The van der Waals surface area contributed by atoms with Crippen LogP contribution in [0.15, 0.2) is 120 Å². The van der Waals surface area contributed by atoms with Crippen molar-refractivity contribution in [1.29, 1.82) is 0 Å². The van der Waals surface area contributed by atoms with Crippen LogP contribution in [0.4, 0.5) is 4.79 Å². The smallest absolute Gasteiger partial charge is 0.271 e. The number of amides is 3. The van der Waals surface area contributed by atoms with Crippen LogP contribution in [0.3, 0.4) is 0 Å². The zero-order chi connectivity index (χ0) is 26.0. The molecule has 1 unspecified atom stereocenters. The lowest BCUT2D eigenvalue weighted by atomic mass is 9.92. The number of nitrogens with zero attached hydrogens (tertiary/aromatic N) is 2. The third kappa shape index (κ3) is 4.86. The van der Waals surface area contributed by atoms with E-state index in [1.807, 2.05) is 95.7 Å². The number of hydrogen-bond acceptors (Lipinski definition) is 5. The predicted octanol–water partition coefficient (Wildman–Crippen LogP) is 5.33. The summed E-state index contributed by atoms with van der Waals surface area (Å²) in [6.45, 7) is 0. The van der Waals surface area contributed by atoms with Crippen molar-refractivity contribution in [3.63, 3.8) is 0 Å². The van der Waals surface area contributed by atoms with Gasteiger partial charge in [0.2, 0.25) is 0 Å². The van der Waals surface area contributed by atoms with Gasteiger partial charge in [-0.25, -0.2) is 17.9 Å². The van der Waals surface area contributed by atoms with Crippen LogP contribution >= 0.6 is 11.6 Å². The highest BCUT2D eigenvalue weighted by molar-refractivity contribution is 7.90. The molecule has 1 N–H and O–H groups in total. The van der Waals surface area contributed by atoms with Crippen molar-refractivity contribution in [2.24, 2.45) is 0 Å². The van der Waals surface area contributed by atoms with E-state index >= 15 is 0 Å². The van der Waals surface area contributed by atoms with Crippen LogP contribution in [0, 0.1) is 0 Å². The molecular weight excluding hydrogens is 510 g/mol. The molecular formula is C28H22ClN3O4S. The van der Waals surface area contributed by atoms with E-state index in [9.17, 15) is 18.0 Å². The minimum absolute atomic E-state index is 0.146. The van der Waals surface area contributed by atoms with E-state index in [2.05, 4.69) is 0 Å². The van der Waals surface area contributed by atoms with Crippen molar-refractivity contribution in [3.05, 3.63) is 137 Å². The molecule has 186 valence electrons. The van der Waals surface area contributed by atoms with E-state index in [1.54, 1.807) is 5.01 Å². The van der Waals surface area contributed by atoms with Gasteiger partial charge in [-0.15, -0.1) is 0 Å². The number of carbonyl (C=O) groups excluding carboxylic acids is 2. The van der Waals surface area contributed by atoms with E-state index in [-0.39, 0.29) is 4.90 Å². The molecule has 1 aliphatic heterocycles. The van der Waals surface area contributed by atoms with Crippen molar-refractivity contribution in [1.82, 2.24) is 14.7 Å². The maximum absolute atomic E-state index is 13.5. The van der Waals surface area contributed by atoms with Crippen molar-refractivity contribution in [2.45, 2.75) is 17.0 Å². The molecule has 9 heteroatoms. The summed E-state index contributed by atoms with van der Waals surface area (Å²) in [4.78, 5) is 26.7. The normalized spacial score (nSPS) is 15.9. The molecule has 1 saturated heterocycles. The fourth-order valence-corrected chi connectivity index (χ4v) is 5.46. The number of benzene rings is 4. The van der Waals surface area contributed by atoms with Gasteiger partial charge in [0.25, 0.3) is 15.9 Å². The molecule has 0 aromatic heterocycles. The lowest BCUT2D eigenvalue weighted by molar-refractivity contribution is -0.188. The zero-order valence-corrected chi connectivity index (χ0v) is 21.0. The maximum Gasteiger partial charge on any atom is 0.353 e. The van der Waals surface area contributed by atoms with E-state index in [0.29, 0.717) is 10.6 Å². The van der Waals surface area contributed by atoms with Gasteiger partial charge in [0.15, 0.2) is 0 Å². The number of hydrogen-bond donors (Lipinski definition) is 1. The highest BCUT2D eigenvalue weighted by atomic mass is 35.5. The lowest BCUT2D eigenvalue weighted by Gasteiger charge is -2.51. The Morgan fingerprint density at radius 3 is 1.76 bits per heavy atom. The van der Waals surface area contributed by atoms with Crippen molar-refractivity contribution in [2.75, 3.05) is 0 Å². The van der Waals surface area contributed by atoms with Crippen LogP contribution in [0.1, 0.15) is 28.8 Å². The van der Waals surface area contributed by atoms with Gasteiger partial charge in [-0.2, -0.15) is 10.0 Å². The maximum atomic E-state index is 13.5. The second-order valence-electron chi connectivity index (χ2n) is 8.43. The van der Waals surface area contributed by atoms with Crippen molar-refractivity contribution < 1.29 is 18.0 Å². The first-order valence-electron chi connectivity index (χ1n) is 11.5. The molecule has 5 rings (SSSR count). The molecule has 1 atom stereocenters. The van der Waals surface area contributed by atoms with Gasteiger partial charge in [-0.3, -0.25) is 4.79 Å². The van der Waals surface area contributed by atoms with Gasteiger partial charge in [0.05, 0.1) is 10.9 Å². The largest absolute Gasteiger partial charge is 0.353 e. The number of nitrogens with one attached hydrogen (secondary N) is 1. The van der Waals surface area contributed by atoms with Gasteiger partial charge in [0, 0.05) is 5.02 Å². The Kier molecular flexibility index (Phi) is 6.80. The minimum atomic E-state index is -4.26. The van der Waals surface area contributed by atoms with Crippen LogP contribution in [0.5, 0.6) is 0 Å². The second-order valence-corrected chi connectivity index (χ2v) is 10.6. The molecule has 0 aliphatic carbocycles. The predicted molar refractivity (Wildman–Crippen MR) is 140 cm³/mol. The molecule has 0 bridgehead atoms. The highest BCUT2D eigenvalue weighted by Gasteiger charge is 2.54. The molecule has 37 heavy (non-hydrogen) atoms. The monoisotopic (exact) mass is 531 g/mol. The first kappa shape index (κ1) is 24.7. The van der Waals surface area contributed by atoms with Crippen LogP contribution in [-0.2, 0) is 14.8 Å². The second kappa shape index (κ2) is 10.2. The first-order valence-corrected chi connectivity index (χ1v) is 13.3. The number of imide groups is 1. The molecule has 1 aliphatic rings. The number of sulfonamides is 1. The Morgan fingerprint density at radius 1 is 0.757 bits per heavy atom. The fraction of sp³-hybridized carbons (Fsp3) is 0.0714. The quantitative estimate of drug-likeness (QED) is 0.363. The first-order chi connectivity index (χ1) is 17.9. The standard InChI is InChI=1S/C28H22ClN3O4S/c29-23-16-18-24(19-17-23)37(35,36)30-28(34)32-27(33)26(22-14-8-3-9-15-22)31(32)25(20-10-4-1-5-11-20)21-12-6-2-7-13-21/h1-19,25-26H,(H,30,34). The molecule has 3 amide bonds. The summed E-state index contributed by atoms with van der Waals surface area (Å²) in [7, 11) is -4.26. The topological polar surface area (TPSA) is 86.8 Å². The molecule has 4 aromatic rings. The SMILES string of the molecule is O=C(NS(=O)(=O)c1ccc(Cl)cc1)N1C(=O)C(c2ccccc2)N1C(c1ccccc1)c1ccccc1. The molecule has 0 radical (unpaired) electrons. The number of carbonyl (C=O) groups is 2. The third-order valence-electron chi connectivity index (χ3n) is 6.09. The van der Waals surface area contributed by atoms with Crippen LogP contribution < -0.4 is 4.72 Å². The van der Waals surface area contributed by atoms with E-state index in [0.717, 1.165) is 16.1 Å². The third-order valence-corrected chi connectivity index (χ3v) is 7.67. The highest BCUT2D eigenvalue weighted by Crippen LogP contribution is 2.44. The molecule has 1 heterocycles. The lowest BCUT2D eigenvalue weighted by Crippen LogP contribution is -2.68. The molecule has 7 nitrogen and oxygen atoms in total. The van der Waals surface area contributed by atoms with Gasteiger partial charge in [0.1, 0.15) is 6.04 Å². The van der Waals surface area contributed by atoms with E-state index in [1.165, 1.54) is 24.3 Å². The van der Waals surface area contributed by atoms with Crippen LogP contribution in [0.2, 0.25) is 5.02 Å². The van der Waals surface area contributed by atoms with Gasteiger partial charge >= 0.3 is 6.03 Å². The van der Waals surface area contributed by atoms with Crippen molar-refractivity contribution >= 4 is 33.6 Å². The fourth-order valence-electron chi connectivity index (χ4n) is 4.40. The van der Waals surface area contributed by atoms with Gasteiger partial charge in [-0.1, -0.05) is 103 Å². The van der Waals surface area contributed by atoms with Crippen LogP contribution in [0.25, 0.3) is 0 Å².